The lowest BCUT2D eigenvalue weighted by Crippen LogP contribution is -2.48. The van der Waals surface area contributed by atoms with Gasteiger partial charge in [0.25, 0.3) is 5.91 Å². The summed E-state index contributed by atoms with van der Waals surface area (Å²) in [5, 5.41) is 0. The number of nitrogens with zero attached hydrogens (tertiary/aromatic N) is 1. The van der Waals surface area contributed by atoms with Crippen LogP contribution in [0.5, 0.6) is 0 Å². The lowest BCUT2D eigenvalue weighted by atomic mass is 10.1. The molecule has 80 valence electrons. The molecule has 0 bridgehead atoms. The van der Waals surface area contributed by atoms with Crippen molar-refractivity contribution in [3.63, 3.8) is 0 Å². The van der Waals surface area contributed by atoms with Gasteiger partial charge in [-0.3, -0.25) is 9.59 Å². The first-order valence-corrected chi connectivity index (χ1v) is 4.66. The van der Waals surface area contributed by atoms with Crippen molar-refractivity contribution in [3.05, 3.63) is 0 Å². The first-order chi connectivity index (χ1) is 6.47. The van der Waals surface area contributed by atoms with Gasteiger partial charge in [0.1, 0.15) is 0 Å². The fourth-order valence-electron chi connectivity index (χ4n) is 1.39. The molecule has 0 atom stereocenters. The molecule has 0 spiro atoms. The van der Waals surface area contributed by atoms with Crippen molar-refractivity contribution in [2.24, 2.45) is 0 Å². The standard InChI is InChI=1S/C9H13F2NO2/c1-2-9(10,11)8(14)12-5-3-4-7(13)6-12/h2-6H2,1H3. The fourth-order valence-corrected chi connectivity index (χ4v) is 1.39. The van der Waals surface area contributed by atoms with E-state index >= 15 is 0 Å². The van der Waals surface area contributed by atoms with Gasteiger partial charge in [-0.15, -0.1) is 0 Å². The lowest BCUT2D eigenvalue weighted by Gasteiger charge is -2.28. The smallest absolute Gasteiger partial charge is 0.324 e. The number of alkyl halides is 2. The van der Waals surface area contributed by atoms with Crippen LogP contribution < -0.4 is 0 Å². The van der Waals surface area contributed by atoms with Crippen molar-refractivity contribution in [1.29, 1.82) is 0 Å². The Kier molecular flexibility index (Phi) is 3.18. The molecule has 0 N–H and O–H groups in total. The number of ketones is 1. The number of amides is 1. The summed E-state index contributed by atoms with van der Waals surface area (Å²) in [6.07, 6.45) is 0.363. The Balaban J connectivity index is 2.64. The summed E-state index contributed by atoms with van der Waals surface area (Å²) in [5.41, 5.74) is 0. The molecule has 1 rings (SSSR count). The van der Waals surface area contributed by atoms with Gasteiger partial charge in [0.2, 0.25) is 0 Å². The molecule has 0 radical (unpaired) electrons. The molecule has 1 aliphatic heterocycles. The van der Waals surface area contributed by atoms with Crippen LogP contribution in [0.3, 0.4) is 0 Å². The summed E-state index contributed by atoms with van der Waals surface area (Å²) in [6.45, 7) is 1.36. The molecule has 0 aliphatic carbocycles. The Bertz CT molecular complexity index is 253. The molecule has 0 aromatic carbocycles. The Morgan fingerprint density at radius 1 is 1.57 bits per heavy atom. The quantitative estimate of drug-likeness (QED) is 0.679. The van der Waals surface area contributed by atoms with Crippen molar-refractivity contribution < 1.29 is 18.4 Å². The van der Waals surface area contributed by atoms with E-state index in [4.69, 9.17) is 0 Å². The molecule has 3 nitrogen and oxygen atoms in total. The van der Waals surface area contributed by atoms with E-state index in [1.807, 2.05) is 0 Å². The zero-order chi connectivity index (χ0) is 10.8. The van der Waals surface area contributed by atoms with Gasteiger partial charge >= 0.3 is 5.92 Å². The molecule has 1 aliphatic rings. The number of hydrogen-bond acceptors (Lipinski definition) is 2. The Hall–Kier alpha value is -1.00. The van der Waals surface area contributed by atoms with E-state index in [1.165, 1.54) is 6.92 Å². The highest BCUT2D eigenvalue weighted by atomic mass is 19.3. The average molecular weight is 205 g/mol. The highest BCUT2D eigenvalue weighted by molar-refractivity contribution is 5.90. The van der Waals surface area contributed by atoms with Gasteiger partial charge in [0.05, 0.1) is 6.54 Å². The SMILES string of the molecule is CCC(F)(F)C(=O)N1CCCC(=O)C1. The third-order valence-electron chi connectivity index (χ3n) is 2.30. The van der Waals surface area contributed by atoms with E-state index in [2.05, 4.69) is 0 Å². The van der Waals surface area contributed by atoms with Crippen molar-refractivity contribution >= 4 is 11.7 Å². The van der Waals surface area contributed by atoms with Crippen molar-refractivity contribution in [2.45, 2.75) is 32.1 Å². The second-order valence-electron chi connectivity index (χ2n) is 3.43. The first-order valence-electron chi connectivity index (χ1n) is 4.66. The molecule has 1 fully saturated rings. The predicted octanol–water partition coefficient (Wildman–Crippen LogP) is 1.22. The van der Waals surface area contributed by atoms with Crippen LogP contribution >= 0.6 is 0 Å². The number of halogens is 2. The minimum atomic E-state index is -3.32. The zero-order valence-electron chi connectivity index (χ0n) is 8.06. The minimum Gasteiger partial charge on any atom is -0.330 e. The van der Waals surface area contributed by atoms with E-state index in [0.29, 0.717) is 12.8 Å². The number of rotatable bonds is 2. The summed E-state index contributed by atoms with van der Waals surface area (Å²) in [4.78, 5) is 23.1. The molecular formula is C9H13F2NO2. The van der Waals surface area contributed by atoms with Gasteiger partial charge in [-0.1, -0.05) is 6.92 Å². The largest absolute Gasteiger partial charge is 0.330 e. The third-order valence-corrected chi connectivity index (χ3v) is 2.30. The monoisotopic (exact) mass is 205 g/mol. The molecule has 1 heterocycles. The molecule has 0 aromatic heterocycles. The van der Waals surface area contributed by atoms with E-state index in [-0.39, 0.29) is 18.9 Å². The van der Waals surface area contributed by atoms with Crippen LogP contribution in [0.4, 0.5) is 8.78 Å². The van der Waals surface area contributed by atoms with Crippen molar-refractivity contribution in [3.8, 4) is 0 Å². The molecular weight excluding hydrogens is 192 g/mol. The summed E-state index contributed by atoms with van der Waals surface area (Å²) in [5.74, 6) is -4.68. The van der Waals surface area contributed by atoms with Crippen LogP contribution in [0.1, 0.15) is 26.2 Å². The normalized spacial score (nSPS) is 18.5. The Labute approximate surface area is 81.1 Å². The predicted molar refractivity (Wildman–Crippen MR) is 46.1 cm³/mol. The van der Waals surface area contributed by atoms with E-state index in [0.717, 1.165) is 4.90 Å². The van der Waals surface area contributed by atoms with E-state index in [9.17, 15) is 18.4 Å². The van der Waals surface area contributed by atoms with Gasteiger partial charge in [-0.2, -0.15) is 8.78 Å². The molecule has 14 heavy (non-hydrogen) atoms. The van der Waals surface area contributed by atoms with Crippen molar-refractivity contribution in [2.75, 3.05) is 13.1 Å². The van der Waals surface area contributed by atoms with Gasteiger partial charge < -0.3 is 4.90 Å². The number of carbonyl (C=O) groups is 2. The van der Waals surface area contributed by atoms with Gasteiger partial charge in [0.15, 0.2) is 5.78 Å². The van der Waals surface area contributed by atoms with E-state index in [1.54, 1.807) is 0 Å². The van der Waals surface area contributed by atoms with Crippen molar-refractivity contribution in [1.82, 2.24) is 4.90 Å². The van der Waals surface area contributed by atoms with Crippen LogP contribution in [-0.4, -0.2) is 35.6 Å². The number of Topliss-reactive ketones (excluding diaryl/α,β-unsaturated/α-hetero) is 1. The maximum atomic E-state index is 13.0. The summed E-state index contributed by atoms with van der Waals surface area (Å²) >= 11 is 0. The Morgan fingerprint density at radius 2 is 2.21 bits per heavy atom. The third kappa shape index (κ3) is 2.27. The van der Waals surface area contributed by atoms with Gasteiger partial charge in [0, 0.05) is 19.4 Å². The second-order valence-corrected chi connectivity index (χ2v) is 3.43. The van der Waals surface area contributed by atoms with Crippen LogP contribution in [0.2, 0.25) is 0 Å². The molecule has 0 aromatic rings. The molecule has 1 saturated heterocycles. The van der Waals surface area contributed by atoms with Gasteiger partial charge in [-0.25, -0.2) is 0 Å². The Morgan fingerprint density at radius 3 is 2.71 bits per heavy atom. The number of piperidine rings is 1. The van der Waals surface area contributed by atoms with Crippen LogP contribution in [0, 0.1) is 0 Å². The molecule has 0 unspecified atom stereocenters. The molecule has 1 amide bonds. The lowest BCUT2D eigenvalue weighted by molar-refractivity contribution is -0.160. The van der Waals surface area contributed by atoms with Gasteiger partial charge in [-0.05, 0) is 6.42 Å². The number of likely N-dealkylation sites (tertiary alicyclic amines) is 1. The topological polar surface area (TPSA) is 37.4 Å². The minimum absolute atomic E-state index is 0.142. The fraction of sp³-hybridized carbons (Fsp3) is 0.778. The van der Waals surface area contributed by atoms with E-state index < -0.39 is 18.3 Å². The highest BCUT2D eigenvalue weighted by Crippen LogP contribution is 2.22. The maximum Gasteiger partial charge on any atom is 0.324 e. The highest BCUT2D eigenvalue weighted by Gasteiger charge is 2.41. The number of hydrogen-bond donors (Lipinski definition) is 0. The second kappa shape index (κ2) is 4.02. The summed E-state index contributed by atoms with van der Waals surface area (Å²) in [6, 6.07) is 0. The van der Waals surface area contributed by atoms with Crippen LogP contribution in [-0.2, 0) is 9.59 Å². The zero-order valence-corrected chi connectivity index (χ0v) is 8.06. The maximum absolute atomic E-state index is 13.0. The molecule has 0 saturated carbocycles. The number of carbonyl (C=O) groups excluding carboxylic acids is 2. The molecule has 5 heteroatoms. The van der Waals surface area contributed by atoms with Crippen LogP contribution in [0.15, 0.2) is 0 Å². The summed E-state index contributed by atoms with van der Waals surface area (Å²) in [7, 11) is 0. The average Bonchev–Trinajstić information content (AvgIpc) is 2.16. The summed E-state index contributed by atoms with van der Waals surface area (Å²) < 4.78 is 25.9. The van der Waals surface area contributed by atoms with Crippen LogP contribution in [0.25, 0.3) is 0 Å². The first kappa shape index (κ1) is 11.1.